The molecular formula is C7H9BCl3N. The van der Waals surface area contributed by atoms with Crippen LogP contribution >= 0.6 is 35.0 Å². The van der Waals surface area contributed by atoms with E-state index in [1.165, 1.54) is 0 Å². The minimum atomic E-state index is 0.0100. The molecule has 0 aromatic carbocycles. The summed E-state index contributed by atoms with van der Waals surface area (Å²) in [6.07, 6.45) is 0. The molecule has 1 nitrogen and oxygen atoms in total. The Hall–Kier alpha value is 0.215. The van der Waals surface area contributed by atoms with E-state index in [-0.39, 0.29) is 6.85 Å². The second-order valence-electron chi connectivity index (χ2n) is 2.86. The number of nitrogens with zero attached hydrogens (tertiary/aromatic N) is 1. The molecule has 66 valence electrons. The summed E-state index contributed by atoms with van der Waals surface area (Å²) in [6, 6.07) is 0. The number of hydrogen-bond acceptors (Lipinski definition) is 1. The zero-order valence-corrected chi connectivity index (χ0v) is 9.43. The van der Waals surface area contributed by atoms with E-state index in [1.807, 2.05) is 20.7 Å². The lowest BCUT2D eigenvalue weighted by Gasteiger charge is -2.28. The summed E-state index contributed by atoms with van der Waals surface area (Å²) in [4.78, 5) is 0.709. The van der Waals surface area contributed by atoms with Gasteiger partial charge < -0.3 is 4.33 Å². The number of allylic oxidation sites excluding steroid dienone is 3. The maximum Gasteiger partial charge on any atom is 0.316 e. The molecule has 0 saturated carbocycles. The van der Waals surface area contributed by atoms with Crippen LogP contribution in [0.5, 0.6) is 0 Å². The number of rotatable bonds is 0. The van der Waals surface area contributed by atoms with Crippen molar-refractivity contribution in [2.45, 2.75) is 20.7 Å². The zero-order chi connectivity index (χ0) is 9.46. The van der Waals surface area contributed by atoms with Crippen molar-refractivity contribution in [1.29, 1.82) is 0 Å². The van der Waals surface area contributed by atoms with Gasteiger partial charge in [0.25, 0.3) is 0 Å². The molecule has 0 N–H and O–H groups in total. The lowest BCUT2D eigenvalue weighted by molar-refractivity contribution is 0.827. The van der Waals surface area contributed by atoms with Crippen molar-refractivity contribution in [2.24, 2.45) is 0 Å². The number of halogens is 3. The molecule has 0 aromatic rings. The molecule has 5 heteroatoms. The quantitative estimate of drug-likeness (QED) is 0.449. The van der Waals surface area contributed by atoms with Gasteiger partial charge in [-0.3, -0.25) is 0 Å². The Morgan fingerprint density at radius 2 is 1.75 bits per heavy atom. The van der Waals surface area contributed by atoms with E-state index < -0.39 is 0 Å². The fourth-order valence-corrected chi connectivity index (χ4v) is 1.88. The maximum atomic E-state index is 6.01. The van der Waals surface area contributed by atoms with Gasteiger partial charge in [-0.15, -0.1) is 0 Å². The lowest BCUT2D eigenvalue weighted by atomic mass is 9.62. The Morgan fingerprint density at radius 3 is 2.25 bits per heavy atom. The standard InChI is InChI=1S/C7H9BCl3N/c1-4-6(9)5(2)12(11)8(3)7(4)10/h1-3H3. The van der Waals surface area contributed by atoms with Crippen LogP contribution < -0.4 is 0 Å². The highest BCUT2D eigenvalue weighted by Crippen LogP contribution is 2.34. The second kappa shape index (κ2) is 3.53. The summed E-state index contributed by atoms with van der Waals surface area (Å²) >= 11 is 17.9. The van der Waals surface area contributed by atoms with Crippen molar-refractivity contribution in [3.8, 4) is 0 Å². The molecule has 1 aliphatic rings. The van der Waals surface area contributed by atoms with Gasteiger partial charge >= 0.3 is 6.85 Å². The molecule has 0 unspecified atom stereocenters. The van der Waals surface area contributed by atoms with Gasteiger partial charge in [-0.1, -0.05) is 30.0 Å². The van der Waals surface area contributed by atoms with E-state index >= 15 is 0 Å². The zero-order valence-electron chi connectivity index (χ0n) is 7.16. The van der Waals surface area contributed by atoms with Gasteiger partial charge in [0, 0.05) is 10.6 Å². The molecule has 0 aromatic heterocycles. The van der Waals surface area contributed by atoms with Crippen LogP contribution in [0.2, 0.25) is 6.82 Å². The molecular weight excluding hydrogens is 215 g/mol. The number of hydrogen-bond donors (Lipinski definition) is 0. The Bertz CT molecular complexity index is 244. The molecule has 0 spiro atoms. The lowest BCUT2D eigenvalue weighted by Crippen LogP contribution is -2.32. The highest BCUT2D eigenvalue weighted by atomic mass is 35.5. The normalized spacial score (nSPS) is 19.5. The molecule has 0 aliphatic carbocycles. The summed E-state index contributed by atoms with van der Waals surface area (Å²) in [5, 5.41) is 0.646. The fourth-order valence-electron chi connectivity index (χ4n) is 1.17. The van der Waals surface area contributed by atoms with Crippen LogP contribution in [-0.2, 0) is 0 Å². The van der Waals surface area contributed by atoms with Crippen LogP contribution in [0, 0.1) is 0 Å². The van der Waals surface area contributed by atoms with Gasteiger partial charge in [0.05, 0.1) is 5.03 Å². The summed E-state index contributed by atoms with van der Waals surface area (Å²) in [5.41, 5.74) is 1.77. The van der Waals surface area contributed by atoms with E-state index in [9.17, 15) is 0 Å². The summed E-state index contributed by atoms with van der Waals surface area (Å²) in [5.74, 6) is 0. The first-order valence-electron chi connectivity index (χ1n) is 3.64. The smallest absolute Gasteiger partial charge is 0.316 e. The van der Waals surface area contributed by atoms with Gasteiger partial charge in [0.2, 0.25) is 0 Å². The molecule has 0 fully saturated rings. The Labute approximate surface area is 88.2 Å². The molecule has 0 bridgehead atoms. The van der Waals surface area contributed by atoms with Crippen LogP contribution in [0.4, 0.5) is 0 Å². The average molecular weight is 224 g/mol. The highest BCUT2D eigenvalue weighted by molar-refractivity contribution is 6.79. The van der Waals surface area contributed by atoms with Crippen LogP contribution in [0.3, 0.4) is 0 Å². The average Bonchev–Trinajstić information content (AvgIpc) is 2.08. The van der Waals surface area contributed by atoms with Crippen molar-refractivity contribution in [3.63, 3.8) is 0 Å². The van der Waals surface area contributed by atoms with Crippen LogP contribution in [0.15, 0.2) is 21.2 Å². The Kier molecular flexibility index (Phi) is 3.03. The van der Waals surface area contributed by atoms with Gasteiger partial charge in [0.1, 0.15) is 0 Å². The molecule has 1 heterocycles. The van der Waals surface area contributed by atoms with Crippen LogP contribution in [-0.4, -0.2) is 11.2 Å². The Balaban J connectivity index is 3.18. The third-order valence-electron chi connectivity index (χ3n) is 2.03. The monoisotopic (exact) mass is 223 g/mol. The highest BCUT2D eigenvalue weighted by Gasteiger charge is 2.29. The van der Waals surface area contributed by atoms with Crippen LogP contribution in [0.1, 0.15) is 13.8 Å². The maximum absolute atomic E-state index is 6.01. The third kappa shape index (κ3) is 1.48. The van der Waals surface area contributed by atoms with E-state index in [0.717, 1.165) is 11.3 Å². The minimum absolute atomic E-state index is 0.0100. The van der Waals surface area contributed by atoms with Gasteiger partial charge in [-0.25, -0.2) is 0 Å². The summed E-state index contributed by atoms with van der Waals surface area (Å²) < 4.78 is 1.55. The molecule has 1 rings (SSSR count). The second-order valence-corrected chi connectivity index (χ2v) is 4.01. The SMILES string of the molecule is CB1C(Cl)=C(C)C(Cl)=C(C)N1Cl. The molecule has 0 atom stereocenters. The van der Waals surface area contributed by atoms with E-state index in [0.29, 0.717) is 9.96 Å². The molecule has 0 amide bonds. The van der Waals surface area contributed by atoms with E-state index in [2.05, 4.69) is 0 Å². The third-order valence-corrected chi connectivity index (χ3v) is 3.73. The van der Waals surface area contributed by atoms with Crippen molar-refractivity contribution < 1.29 is 0 Å². The van der Waals surface area contributed by atoms with Gasteiger partial charge in [-0.2, -0.15) is 0 Å². The molecule has 1 aliphatic heterocycles. The largest absolute Gasteiger partial charge is 0.326 e. The van der Waals surface area contributed by atoms with E-state index in [1.54, 1.807) is 4.33 Å². The topological polar surface area (TPSA) is 3.24 Å². The summed E-state index contributed by atoms with van der Waals surface area (Å²) in [7, 11) is 0. The molecule has 0 radical (unpaired) electrons. The van der Waals surface area contributed by atoms with Crippen LogP contribution in [0.25, 0.3) is 0 Å². The van der Waals surface area contributed by atoms with Crippen molar-refractivity contribution >= 4 is 41.8 Å². The fraction of sp³-hybridized carbons (Fsp3) is 0.429. The first-order chi connectivity index (χ1) is 5.46. The van der Waals surface area contributed by atoms with Gasteiger partial charge in [-0.05, 0) is 31.2 Å². The molecule has 0 saturated heterocycles. The van der Waals surface area contributed by atoms with Crippen molar-refractivity contribution in [2.75, 3.05) is 0 Å². The van der Waals surface area contributed by atoms with Gasteiger partial charge in [0.15, 0.2) is 0 Å². The van der Waals surface area contributed by atoms with Crippen molar-refractivity contribution in [1.82, 2.24) is 4.33 Å². The minimum Gasteiger partial charge on any atom is -0.326 e. The predicted octanol–water partition coefficient (Wildman–Crippen LogP) is 3.60. The predicted molar refractivity (Wildman–Crippen MR) is 56.4 cm³/mol. The van der Waals surface area contributed by atoms with E-state index in [4.69, 9.17) is 35.0 Å². The first-order valence-corrected chi connectivity index (χ1v) is 4.74. The molecule has 12 heavy (non-hydrogen) atoms. The summed E-state index contributed by atoms with van der Waals surface area (Å²) in [6.45, 7) is 5.72. The first kappa shape index (κ1) is 10.3. The van der Waals surface area contributed by atoms with Crippen molar-refractivity contribution in [3.05, 3.63) is 21.2 Å². The Morgan fingerprint density at radius 1 is 1.25 bits per heavy atom.